The number of aromatic nitrogens is 2. The molecule has 9 heteroatoms. The number of nitrogens with zero attached hydrogens (tertiary/aromatic N) is 2. The van der Waals surface area contributed by atoms with Crippen molar-refractivity contribution >= 4 is 40.7 Å². The van der Waals surface area contributed by atoms with Crippen LogP contribution in [0.15, 0.2) is 42.7 Å². The van der Waals surface area contributed by atoms with Crippen molar-refractivity contribution in [1.82, 2.24) is 20.6 Å². The van der Waals surface area contributed by atoms with E-state index in [2.05, 4.69) is 38.2 Å². The van der Waals surface area contributed by atoms with E-state index in [9.17, 15) is 14.4 Å². The van der Waals surface area contributed by atoms with Crippen molar-refractivity contribution < 1.29 is 14.4 Å². The van der Waals surface area contributed by atoms with Crippen LogP contribution in [0.5, 0.6) is 0 Å². The zero-order valence-corrected chi connectivity index (χ0v) is 22.1. The van der Waals surface area contributed by atoms with Crippen LogP contribution in [0.1, 0.15) is 69.1 Å². The molecule has 2 aromatic heterocycles. The fraction of sp³-hybridized carbons (Fsp3) is 0.276. The summed E-state index contributed by atoms with van der Waals surface area (Å²) in [5.74, 6) is -0.579. The third-order valence-corrected chi connectivity index (χ3v) is 6.42. The fourth-order valence-corrected chi connectivity index (χ4v) is 4.18. The van der Waals surface area contributed by atoms with Crippen LogP contribution >= 0.6 is 0 Å². The number of carbonyl (C=O) groups excluding carboxylic acids is 3. The third-order valence-electron chi connectivity index (χ3n) is 6.42. The predicted octanol–water partition coefficient (Wildman–Crippen LogP) is 4.09. The lowest BCUT2D eigenvalue weighted by Gasteiger charge is -2.12. The molecule has 0 unspecified atom stereocenters. The number of nitrogens with one attached hydrogen (secondary N) is 4. The topological polar surface area (TPSA) is 125 Å². The van der Waals surface area contributed by atoms with Crippen molar-refractivity contribution in [2.75, 3.05) is 23.7 Å². The van der Waals surface area contributed by atoms with Gasteiger partial charge in [-0.15, -0.1) is 0 Å². The Kier molecular flexibility index (Phi) is 8.28. The summed E-state index contributed by atoms with van der Waals surface area (Å²) in [7, 11) is 0. The molecule has 196 valence electrons. The summed E-state index contributed by atoms with van der Waals surface area (Å²) in [5.41, 5.74) is 7.32. The van der Waals surface area contributed by atoms with Crippen LogP contribution in [0.3, 0.4) is 0 Å². The molecule has 1 aromatic carbocycles. The molecule has 0 saturated carbocycles. The number of likely N-dealkylation sites (N-methyl/N-ethyl adjacent to an activating group) is 1. The van der Waals surface area contributed by atoms with Crippen LogP contribution in [0.25, 0.3) is 11.6 Å². The van der Waals surface area contributed by atoms with Gasteiger partial charge in [0.2, 0.25) is 5.91 Å². The molecule has 1 aliphatic heterocycles. The highest BCUT2D eigenvalue weighted by Crippen LogP contribution is 2.27. The highest BCUT2D eigenvalue weighted by atomic mass is 16.2. The molecule has 0 spiro atoms. The van der Waals surface area contributed by atoms with Crippen LogP contribution in [0, 0.1) is 13.8 Å². The Bertz CT molecular complexity index is 1430. The number of hydrogen-bond donors (Lipinski definition) is 4. The maximum Gasteiger partial charge on any atom is 0.257 e. The van der Waals surface area contributed by atoms with Crippen LogP contribution in [-0.4, -0.2) is 40.8 Å². The zero-order chi connectivity index (χ0) is 27.2. The van der Waals surface area contributed by atoms with Crippen molar-refractivity contribution in [2.45, 2.75) is 40.7 Å². The number of anilines is 2. The minimum absolute atomic E-state index is 0.0557. The molecule has 9 nitrogen and oxygen atoms in total. The second-order valence-electron chi connectivity index (χ2n) is 9.12. The number of rotatable bonds is 9. The van der Waals surface area contributed by atoms with Gasteiger partial charge in [-0.05, 0) is 73.4 Å². The lowest BCUT2D eigenvalue weighted by molar-refractivity contribution is -0.115. The monoisotopic (exact) mass is 512 g/mol. The summed E-state index contributed by atoms with van der Waals surface area (Å²) in [4.78, 5) is 46.1. The maximum absolute atomic E-state index is 13.2. The van der Waals surface area contributed by atoms with Crippen LogP contribution < -0.4 is 21.3 Å². The molecule has 0 aliphatic carbocycles. The molecular formula is C29H32N6O3. The Morgan fingerprint density at radius 2 is 1.79 bits per heavy atom. The van der Waals surface area contributed by atoms with Gasteiger partial charge in [-0.25, -0.2) is 0 Å². The minimum Gasteiger partial charge on any atom is -0.348 e. The molecule has 0 radical (unpaired) electrons. The molecule has 3 amide bonds. The van der Waals surface area contributed by atoms with E-state index in [4.69, 9.17) is 0 Å². The number of allylic oxidation sites excluding steroid dienone is 1. The Morgan fingerprint density at radius 1 is 1.00 bits per heavy atom. The number of hydrogen-bond acceptors (Lipinski definition) is 6. The fourth-order valence-electron chi connectivity index (χ4n) is 4.18. The molecule has 3 aromatic rings. The van der Waals surface area contributed by atoms with Gasteiger partial charge in [0, 0.05) is 24.0 Å². The van der Waals surface area contributed by atoms with Crippen LogP contribution in [0.4, 0.5) is 11.4 Å². The first-order chi connectivity index (χ1) is 18.3. The summed E-state index contributed by atoms with van der Waals surface area (Å²) in [6.07, 6.45) is 5.85. The summed E-state index contributed by atoms with van der Waals surface area (Å²) in [6, 6.07) is 9.41. The van der Waals surface area contributed by atoms with Gasteiger partial charge in [0.1, 0.15) is 0 Å². The highest BCUT2D eigenvalue weighted by Gasteiger charge is 2.19. The SMILES string of the molecule is CCNCC(=O)Nc1cnc(C)c(NC(=O)c2cnc(C)c(/C=C(\CC)c3ccc4c(c3)C(=O)NC4)c2)c1. The number of aryl methyl sites for hydroxylation is 2. The molecule has 0 saturated heterocycles. The van der Waals surface area contributed by atoms with E-state index in [-0.39, 0.29) is 24.3 Å². The van der Waals surface area contributed by atoms with E-state index in [0.29, 0.717) is 41.3 Å². The normalized spacial score (nSPS) is 12.6. The van der Waals surface area contributed by atoms with Gasteiger partial charge in [-0.1, -0.05) is 26.0 Å². The Labute approximate surface area is 222 Å². The van der Waals surface area contributed by atoms with Crippen LogP contribution in [0.2, 0.25) is 0 Å². The molecule has 4 N–H and O–H groups in total. The van der Waals surface area contributed by atoms with E-state index in [1.54, 1.807) is 25.3 Å². The molecule has 0 atom stereocenters. The molecule has 4 rings (SSSR count). The molecule has 3 heterocycles. The Morgan fingerprint density at radius 3 is 2.55 bits per heavy atom. The van der Waals surface area contributed by atoms with E-state index in [0.717, 1.165) is 34.4 Å². The Balaban J connectivity index is 1.56. The maximum atomic E-state index is 13.2. The number of fused-ring (bicyclic) bond motifs is 1. The standard InChI is InChI=1S/C29H32N6O3/c1-5-19(20-7-8-21-13-33-29(38)25(21)11-20)9-22-10-23(14-31-17(22)3)28(37)35-26-12-24(15-32-18(26)4)34-27(36)16-30-6-2/h7-12,14-15,30H,5-6,13,16H2,1-4H3,(H,33,38)(H,34,36)(H,35,37)/b19-9+. The highest BCUT2D eigenvalue weighted by molar-refractivity contribution is 6.05. The summed E-state index contributed by atoms with van der Waals surface area (Å²) >= 11 is 0. The second-order valence-corrected chi connectivity index (χ2v) is 9.12. The Hall–Kier alpha value is -4.37. The number of amides is 3. The average molecular weight is 513 g/mol. The van der Waals surface area contributed by atoms with Crippen molar-refractivity contribution in [2.24, 2.45) is 0 Å². The van der Waals surface area contributed by atoms with Crippen molar-refractivity contribution in [3.05, 3.63) is 81.9 Å². The number of pyridine rings is 2. The molecule has 0 bridgehead atoms. The van der Waals surface area contributed by atoms with Gasteiger partial charge < -0.3 is 21.3 Å². The zero-order valence-electron chi connectivity index (χ0n) is 22.1. The van der Waals surface area contributed by atoms with E-state index in [1.807, 2.05) is 38.1 Å². The second kappa shape index (κ2) is 11.8. The lowest BCUT2D eigenvalue weighted by atomic mass is 9.96. The van der Waals surface area contributed by atoms with E-state index < -0.39 is 0 Å². The first-order valence-electron chi connectivity index (χ1n) is 12.7. The number of benzene rings is 1. The van der Waals surface area contributed by atoms with Gasteiger partial charge in [-0.2, -0.15) is 0 Å². The molecule has 1 aliphatic rings. The van der Waals surface area contributed by atoms with E-state index in [1.165, 1.54) is 6.20 Å². The van der Waals surface area contributed by atoms with Gasteiger partial charge >= 0.3 is 0 Å². The smallest absolute Gasteiger partial charge is 0.257 e. The van der Waals surface area contributed by atoms with Crippen molar-refractivity contribution in [3.8, 4) is 0 Å². The van der Waals surface area contributed by atoms with E-state index >= 15 is 0 Å². The summed E-state index contributed by atoms with van der Waals surface area (Å²) in [5, 5.41) is 11.5. The van der Waals surface area contributed by atoms with Crippen molar-refractivity contribution in [3.63, 3.8) is 0 Å². The van der Waals surface area contributed by atoms with Gasteiger partial charge in [0.25, 0.3) is 11.8 Å². The van der Waals surface area contributed by atoms with Gasteiger partial charge in [-0.3, -0.25) is 24.4 Å². The van der Waals surface area contributed by atoms with Crippen LogP contribution in [-0.2, 0) is 11.3 Å². The minimum atomic E-state index is -0.333. The first-order valence-corrected chi connectivity index (χ1v) is 12.7. The number of carbonyl (C=O) groups is 3. The largest absolute Gasteiger partial charge is 0.348 e. The molecular weight excluding hydrogens is 480 g/mol. The van der Waals surface area contributed by atoms with Gasteiger partial charge in [0.15, 0.2) is 0 Å². The third kappa shape index (κ3) is 6.12. The van der Waals surface area contributed by atoms with Gasteiger partial charge in [0.05, 0.1) is 35.4 Å². The average Bonchev–Trinajstić information content (AvgIpc) is 3.28. The first kappa shape index (κ1) is 26.7. The summed E-state index contributed by atoms with van der Waals surface area (Å²) < 4.78 is 0. The summed E-state index contributed by atoms with van der Waals surface area (Å²) in [6.45, 7) is 9.09. The predicted molar refractivity (Wildman–Crippen MR) is 149 cm³/mol. The quantitative estimate of drug-likeness (QED) is 0.342. The lowest BCUT2D eigenvalue weighted by Crippen LogP contribution is -2.27. The molecule has 38 heavy (non-hydrogen) atoms. The molecule has 0 fully saturated rings. The van der Waals surface area contributed by atoms with Crippen molar-refractivity contribution in [1.29, 1.82) is 0 Å².